The highest BCUT2D eigenvalue weighted by molar-refractivity contribution is 9.11. The second kappa shape index (κ2) is 4.88. The fourth-order valence-corrected chi connectivity index (χ4v) is 0.550. The van der Waals surface area contributed by atoms with E-state index in [2.05, 4.69) is 31.9 Å². The summed E-state index contributed by atoms with van der Waals surface area (Å²) in [6, 6.07) is 0. The Kier molecular flexibility index (Phi) is 4.90. The minimum atomic E-state index is 0.575. The van der Waals surface area contributed by atoms with Crippen LogP contribution in [-0.2, 0) is 0 Å². The highest BCUT2D eigenvalue weighted by Gasteiger charge is 1.81. The molecule has 0 unspecified atom stereocenters. The SMILES string of the molecule is N/C(=C\C=C(/N)Br)CBr. The molecule has 0 aromatic carbocycles. The van der Waals surface area contributed by atoms with E-state index in [0.29, 0.717) is 9.94 Å². The van der Waals surface area contributed by atoms with Gasteiger partial charge in [-0.15, -0.1) is 0 Å². The van der Waals surface area contributed by atoms with Crippen molar-refractivity contribution in [1.82, 2.24) is 0 Å². The Hall–Kier alpha value is 0.0400. The van der Waals surface area contributed by atoms with Crippen molar-refractivity contribution in [3.05, 3.63) is 22.5 Å². The predicted octanol–water partition coefficient (Wildman–Crippen LogP) is 1.42. The molecule has 0 aromatic rings. The molecule has 0 aliphatic rings. The Morgan fingerprint density at radius 3 is 2.22 bits per heavy atom. The predicted molar refractivity (Wildman–Crippen MR) is 47.3 cm³/mol. The summed E-state index contributed by atoms with van der Waals surface area (Å²) in [6.45, 7) is 0. The van der Waals surface area contributed by atoms with Gasteiger partial charge in [0.15, 0.2) is 0 Å². The molecule has 0 saturated heterocycles. The molecule has 0 aliphatic heterocycles. The first kappa shape index (κ1) is 9.04. The topological polar surface area (TPSA) is 52.0 Å². The third-order valence-electron chi connectivity index (χ3n) is 0.611. The van der Waals surface area contributed by atoms with E-state index in [9.17, 15) is 0 Å². The summed E-state index contributed by atoms with van der Waals surface area (Å²) in [4.78, 5) is 0. The Balaban J connectivity index is 3.83. The number of allylic oxidation sites excluding steroid dienone is 3. The smallest absolute Gasteiger partial charge is 0.0754 e. The lowest BCUT2D eigenvalue weighted by atomic mass is 10.4. The average Bonchev–Trinajstić information content (AvgIpc) is 1.83. The molecule has 0 heterocycles. The van der Waals surface area contributed by atoms with Gasteiger partial charge in [0, 0.05) is 11.0 Å². The summed E-state index contributed by atoms with van der Waals surface area (Å²) >= 11 is 6.24. The Morgan fingerprint density at radius 2 is 1.89 bits per heavy atom. The van der Waals surface area contributed by atoms with Crippen LogP contribution in [0.4, 0.5) is 0 Å². The first-order valence-corrected chi connectivity index (χ1v) is 4.21. The van der Waals surface area contributed by atoms with Crippen LogP contribution in [0.5, 0.6) is 0 Å². The Morgan fingerprint density at radius 1 is 1.33 bits per heavy atom. The van der Waals surface area contributed by atoms with Crippen LogP contribution in [0.15, 0.2) is 22.5 Å². The van der Waals surface area contributed by atoms with Gasteiger partial charge in [0.05, 0.1) is 4.61 Å². The van der Waals surface area contributed by atoms with Gasteiger partial charge in [-0.3, -0.25) is 0 Å². The van der Waals surface area contributed by atoms with Gasteiger partial charge in [0.2, 0.25) is 0 Å². The molecule has 0 aliphatic carbocycles. The highest BCUT2D eigenvalue weighted by Crippen LogP contribution is 1.97. The standard InChI is InChI=1S/C5H8Br2N2/c6-3-4(8)1-2-5(7)9/h1-2H,3,8-9H2/b4-1-,5-2-. The molecule has 2 nitrogen and oxygen atoms in total. The van der Waals surface area contributed by atoms with Crippen molar-refractivity contribution in [3.63, 3.8) is 0 Å². The molecule has 0 radical (unpaired) electrons. The zero-order chi connectivity index (χ0) is 7.28. The number of rotatable bonds is 2. The number of halogens is 2. The van der Waals surface area contributed by atoms with E-state index in [0.717, 1.165) is 5.70 Å². The third kappa shape index (κ3) is 5.92. The second-order valence-corrected chi connectivity index (χ2v) is 2.90. The van der Waals surface area contributed by atoms with Crippen molar-refractivity contribution in [1.29, 1.82) is 0 Å². The molecule has 4 heteroatoms. The molecule has 0 aromatic heterocycles. The molecule has 0 atom stereocenters. The minimum absolute atomic E-state index is 0.575. The second-order valence-electron chi connectivity index (χ2n) is 1.43. The zero-order valence-corrected chi connectivity index (χ0v) is 7.94. The Labute approximate surface area is 71.2 Å². The summed E-state index contributed by atoms with van der Waals surface area (Å²) in [7, 11) is 0. The van der Waals surface area contributed by atoms with Crippen LogP contribution in [0.25, 0.3) is 0 Å². The van der Waals surface area contributed by atoms with Crippen molar-refractivity contribution >= 4 is 31.9 Å². The largest absolute Gasteiger partial charge is 0.401 e. The van der Waals surface area contributed by atoms with Crippen LogP contribution in [0.2, 0.25) is 0 Å². The van der Waals surface area contributed by atoms with Crippen LogP contribution < -0.4 is 11.5 Å². The van der Waals surface area contributed by atoms with E-state index in [1.165, 1.54) is 0 Å². The molecule has 0 fully saturated rings. The van der Waals surface area contributed by atoms with Gasteiger partial charge >= 0.3 is 0 Å². The summed E-state index contributed by atoms with van der Waals surface area (Å²) in [5.41, 5.74) is 11.4. The van der Waals surface area contributed by atoms with Crippen LogP contribution in [-0.4, -0.2) is 5.33 Å². The minimum Gasteiger partial charge on any atom is -0.401 e. The Bertz CT molecular complexity index is 136. The molecular weight excluding hydrogens is 248 g/mol. The van der Waals surface area contributed by atoms with Crippen molar-refractivity contribution in [2.24, 2.45) is 11.5 Å². The van der Waals surface area contributed by atoms with E-state index in [1.54, 1.807) is 12.2 Å². The summed E-state index contributed by atoms with van der Waals surface area (Å²) in [5, 5.41) is 0.670. The molecular formula is C5H8Br2N2. The molecule has 52 valence electrons. The first-order valence-electron chi connectivity index (χ1n) is 2.30. The van der Waals surface area contributed by atoms with E-state index in [1.807, 2.05) is 0 Å². The van der Waals surface area contributed by atoms with Crippen molar-refractivity contribution < 1.29 is 0 Å². The molecule has 0 amide bonds. The van der Waals surface area contributed by atoms with Gasteiger partial charge in [0.1, 0.15) is 0 Å². The zero-order valence-electron chi connectivity index (χ0n) is 4.77. The van der Waals surface area contributed by atoms with E-state index < -0.39 is 0 Å². The highest BCUT2D eigenvalue weighted by atomic mass is 79.9. The van der Waals surface area contributed by atoms with E-state index in [-0.39, 0.29) is 0 Å². The lowest BCUT2D eigenvalue weighted by molar-refractivity contribution is 1.34. The fourth-order valence-electron chi connectivity index (χ4n) is 0.231. The van der Waals surface area contributed by atoms with Crippen LogP contribution >= 0.6 is 31.9 Å². The first-order chi connectivity index (χ1) is 4.16. The van der Waals surface area contributed by atoms with Gasteiger partial charge in [0.25, 0.3) is 0 Å². The van der Waals surface area contributed by atoms with Gasteiger partial charge < -0.3 is 11.5 Å². The maximum Gasteiger partial charge on any atom is 0.0754 e. The van der Waals surface area contributed by atoms with Crippen molar-refractivity contribution in [2.45, 2.75) is 0 Å². The summed E-state index contributed by atoms with van der Waals surface area (Å²) in [6.07, 6.45) is 3.43. The number of alkyl halides is 1. The average molecular weight is 256 g/mol. The molecule has 0 rings (SSSR count). The maximum atomic E-state index is 5.41. The normalized spacial score (nSPS) is 14.0. The van der Waals surface area contributed by atoms with E-state index in [4.69, 9.17) is 11.5 Å². The molecule has 0 spiro atoms. The van der Waals surface area contributed by atoms with Gasteiger partial charge in [-0.25, -0.2) is 0 Å². The summed E-state index contributed by atoms with van der Waals surface area (Å²) < 4.78 is 0.575. The number of hydrogen-bond donors (Lipinski definition) is 2. The number of hydrogen-bond acceptors (Lipinski definition) is 2. The van der Waals surface area contributed by atoms with Crippen LogP contribution in [0.3, 0.4) is 0 Å². The summed E-state index contributed by atoms with van der Waals surface area (Å²) in [5.74, 6) is 0. The van der Waals surface area contributed by atoms with Crippen molar-refractivity contribution in [3.8, 4) is 0 Å². The van der Waals surface area contributed by atoms with E-state index >= 15 is 0 Å². The van der Waals surface area contributed by atoms with Crippen molar-refractivity contribution in [2.75, 3.05) is 5.33 Å². The van der Waals surface area contributed by atoms with Gasteiger partial charge in [-0.2, -0.15) is 0 Å². The molecule has 0 bridgehead atoms. The monoisotopic (exact) mass is 254 g/mol. The lowest BCUT2D eigenvalue weighted by Crippen LogP contribution is -1.96. The van der Waals surface area contributed by atoms with Gasteiger partial charge in [-0.1, -0.05) is 15.9 Å². The third-order valence-corrected chi connectivity index (χ3v) is 1.52. The quantitative estimate of drug-likeness (QED) is 0.446. The number of nitrogens with two attached hydrogens (primary N) is 2. The van der Waals surface area contributed by atoms with Crippen LogP contribution in [0.1, 0.15) is 0 Å². The lowest BCUT2D eigenvalue weighted by Gasteiger charge is -1.88. The van der Waals surface area contributed by atoms with Crippen LogP contribution in [0, 0.1) is 0 Å². The molecule has 4 N–H and O–H groups in total. The molecule has 9 heavy (non-hydrogen) atoms. The van der Waals surface area contributed by atoms with Gasteiger partial charge in [-0.05, 0) is 28.1 Å². The molecule has 0 saturated carbocycles. The maximum absolute atomic E-state index is 5.41. The fraction of sp³-hybridized carbons (Fsp3) is 0.200.